The number of aliphatic hydroxyl groups excluding tert-OH is 1. The van der Waals surface area contributed by atoms with Crippen LogP contribution in [0.1, 0.15) is 65.9 Å². The van der Waals surface area contributed by atoms with Gasteiger partial charge in [0.1, 0.15) is 0 Å². The predicted octanol–water partition coefficient (Wildman–Crippen LogP) is 6.67. The van der Waals surface area contributed by atoms with Gasteiger partial charge in [-0.15, -0.1) is 0 Å². The van der Waals surface area contributed by atoms with Crippen LogP contribution in [0.15, 0.2) is 35.9 Å². The summed E-state index contributed by atoms with van der Waals surface area (Å²) < 4.78 is 6.41. The van der Waals surface area contributed by atoms with Gasteiger partial charge in [-0.05, 0) is 48.9 Å². The van der Waals surface area contributed by atoms with Crippen molar-refractivity contribution in [3.05, 3.63) is 41.5 Å². The smallest absolute Gasteiger partial charge is 0.191 e. The molecule has 0 heterocycles. The molecule has 2 atom stereocenters. The summed E-state index contributed by atoms with van der Waals surface area (Å²) in [6.45, 7) is 16.7. The molecule has 1 rings (SSSR count). The number of rotatable bonds is 10. The van der Waals surface area contributed by atoms with Crippen LogP contribution in [0.25, 0.3) is 6.08 Å². The van der Waals surface area contributed by atoms with Crippen molar-refractivity contribution in [1.82, 2.24) is 0 Å². The van der Waals surface area contributed by atoms with Gasteiger partial charge in [-0.2, -0.15) is 0 Å². The second-order valence-corrected chi connectivity index (χ2v) is 14.0. The van der Waals surface area contributed by atoms with E-state index in [-0.39, 0.29) is 11.1 Å². The Bertz CT molecular complexity index is 543. The summed E-state index contributed by atoms with van der Waals surface area (Å²) in [5.74, 6) is 0.452. The summed E-state index contributed by atoms with van der Waals surface area (Å²) in [5.41, 5.74) is 2.53. The van der Waals surface area contributed by atoms with Crippen molar-refractivity contribution in [2.45, 2.75) is 84.5 Å². The van der Waals surface area contributed by atoms with E-state index in [1.165, 1.54) is 11.1 Å². The predicted molar refractivity (Wildman–Crippen MR) is 117 cm³/mol. The molecule has 2 nitrogen and oxygen atoms in total. The topological polar surface area (TPSA) is 29.5 Å². The normalized spacial score (nSPS) is 15.8. The lowest BCUT2D eigenvalue weighted by Crippen LogP contribution is -2.41. The van der Waals surface area contributed by atoms with Gasteiger partial charge in [-0.1, -0.05) is 83.0 Å². The lowest BCUT2D eigenvalue weighted by Gasteiger charge is -2.37. The zero-order valence-corrected chi connectivity index (χ0v) is 19.0. The minimum absolute atomic E-state index is 0.243. The van der Waals surface area contributed by atoms with Crippen molar-refractivity contribution in [2.75, 3.05) is 6.61 Å². The van der Waals surface area contributed by atoms with E-state index in [2.05, 4.69) is 78.1 Å². The largest absolute Gasteiger partial charge is 0.417 e. The first-order chi connectivity index (χ1) is 12.0. The zero-order valence-electron chi connectivity index (χ0n) is 18.0. The van der Waals surface area contributed by atoms with E-state index in [4.69, 9.17) is 4.43 Å². The molecule has 0 aromatic heterocycles. The van der Waals surface area contributed by atoms with Crippen molar-refractivity contribution in [3.8, 4) is 0 Å². The number of aliphatic hydroxyl groups is 1. The van der Waals surface area contributed by atoms with Crippen LogP contribution in [-0.2, 0) is 4.43 Å². The average molecular weight is 377 g/mol. The first kappa shape index (κ1) is 23.1. The monoisotopic (exact) mass is 376 g/mol. The third-order valence-electron chi connectivity index (χ3n) is 5.44. The van der Waals surface area contributed by atoms with Crippen LogP contribution in [0.4, 0.5) is 0 Å². The third kappa shape index (κ3) is 8.19. The summed E-state index contributed by atoms with van der Waals surface area (Å²) in [5, 5.41) is 10.6. The zero-order chi connectivity index (χ0) is 19.8. The molecule has 0 aliphatic heterocycles. The van der Waals surface area contributed by atoms with Crippen molar-refractivity contribution in [2.24, 2.45) is 5.92 Å². The van der Waals surface area contributed by atoms with Gasteiger partial charge < -0.3 is 9.53 Å². The molecule has 0 saturated carbocycles. The maximum absolute atomic E-state index is 10.3. The molecule has 3 heteroatoms. The minimum Gasteiger partial charge on any atom is -0.417 e. The molecule has 0 radical (unpaired) electrons. The highest BCUT2D eigenvalue weighted by Gasteiger charge is 2.37. The van der Waals surface area contributed by atoms with Crippen LogP contribution in [-0.4, -0.2) is 26.1 Å². The molecule has 1 aromatic rings. The van der Waals surface area contributed by atoms with Gasteiger partial charge in [-0.3, -0.25) is 0 Å². The van der Waals surface area contributed by atoms with Gasteiger partial charge in [-0.25, -0.2) is 0 Å². The maximum atomic E-state index is 10.3. The summed E-state index contributed by atoms with van der Waals surface area (Å²) >= 11 is 0. The van der Waals surface area contributed by atoms with E-state index in [0.717, 1.165) is 32.3 Å². The van der Waals surface area contributed by atoms with E-state index in [0.29, 0.717) is 5.92 Å². The Morgan fingerprint density at radius 2 is 1.77 bits per heavy atom. The van der Waals surface area contributed by atoms with Gasteiger partial charge >= 0.3 is 0 Å². The molecule has 0 spiro atoms. The first-order valence-corrected chi connectivity index (χ1v) is 13.0. The van der Waals surface area contributed by atoms with Crippen molar-refractivity contribution < 1.29 is 9.53 Å². The number of hydrogen-bond donors (Lipinski definition) is 1. The Hall–Kier alpha value is -0.903. The second kappa shape index (κ2) is 10.4. The summed E-state index contributed by atoms with van der Waals surface area (Å²) in [4.78, 5) is 0. The van der Waals surface area contributed by atoms with Crippen LogP contribution in [0.5, 0.6) is 0 Å². The quantitative estimate of drug-likeness (QED) is 0.462. The number of benzene rings is 1. The average Bonchev–Trinajstić information content (AvgIpc) is 2.53. The van der Waals surface area contributed by atoms with Crippen LogP contribution in [0.3, 0.4) is 0 Å². The Morgan fingerprint density at radius 1 is 1.15 bits per heavy atom. The van der Waals surface area contributed by atoms with Gasteiger partial charge in [0.05, 0.1) is 6.10 Å². The fourth-order valence-corrected chi connectivity index (χ4v) is 3.93. The molecule has 0 unspecified atom stereocenters. The summed E-state index contributed by atoms with van der Waals surface area (Å²) in [7, 11) is -1.71. The lowest BCUT2D eigenvalue weighted by atomic mass is 9.94. The highest BCUT2D eigenvalue weighted by Crippen LogP contribution is 2.37. The molecule has 0 fully saturated rings. The lowest BCUT2D eigenvalue weighted by molar-refractivity contribution is 0.160. The SMILES string of the molecule is CCC[C@@H](O)C/C(=C/c1ccccc1)C[C@@H](C)CO[Si](C)(C)C(C)(C)C. The Balaban J connectivity index is 2.77. The standard InChI is InChI=1S/C23H40O2Si/c1-8-12-22(24)17-21(16-20-13-10-9-11-14-20)15-19(2)18-25-26(6,7)23(3,4)5/h9-11,13-14,16,19,22,24H,8,12,15,17-18H2,1-7H3/b21-16+/t19-,22-/m1/s1. The highest BCUT2D eigenvalue weighted by molar-refractivity contribution is 6.74. The van der Waals surface area contributed by atoms with Crippen molar-refractivity contribution in [3.63, 3.8) is 0 Å². The molecule has 0 aliphatic rings. The molecule has 0 bridgehead atoms. The van der Waals surface area contributed by atoms with E-state index in [9.17, 15) is 5.11 Å². The highest BCUT2D eigenvalue weighted by atomic mass is 28.4. The molecule has 0 amide bonds. The maximum Gasteiger partial charge on any atom is 0.191 e. The molecular formula is C23H40O2Si. The van der Waals surface area contributed by atoms with Crippen molar-refractivity contribution in [1.29, 1.82) is 0 Å². The molecule has 1 N–H and O–H groups in total. The fraction of sp³-hybridized carbons (Fsp3) is 0.652. The Kier molecular flexibility index (Phi) is 9.29. The van der Waals surface area contributed by atoms with E-state index < -0.39 is 8.32 Å². The van der Waals surface area contributed by atoms with E-state index in [1.807, 2.05) is 6.07 Å². The fourth-order valence-electron chi connectivity index (χ4n) is 2.80. The third-order valence-corrected chi connectivity index (χ3v) is 9.94. The summed E-state index contributed by atoms with van der Waals surface area (Å²) in [6, 6.07) is 10.4. The van der Waals surface area contributed by atoms with Crippen molar-refractivity contribution >= 4 is 14.4 Å². The van der Waals surface area contributed by atoms with E-state index in [1.54, 1.807) is 0 Å². The van der Waals surface area contributed by atoms with Gasteiger partial charge in [0.25, 0.3) is 0 Å². The molecule has 1 aromatic carbocycles. The molecule has 0 saturated heterocycles. The molecular weight excluding hydrogens is 336 g/mol. The van der Waals surface area contributed by atoms with Gasteiger partial charge in [0.2, 0.25) is 0 Å². The van der Waals surface area contributed by atoms with Crippen LogP contribution in [0, 0.1) is 5.92 Å². The summed E-state index contributed by atoms with van der Waals surface area (Å²) in [6.07, 6.45) is 5.62. The van der Waals surface area contributed by atoms with Crippen LogP contribution < -0.4 is 0 Å². The Labute approximate surface area is 162 Å². The number of hydrogen-bond acceptors (Lipinski definition) is 2. The van der Waals surface area contributed by atoms with E-state index >= 15 is 0 Å². The first-order valence-electron chi connectivity index (χ1n) is 10.1. The van der Waals surface area contributed by atoms with Gasteiger partial charge in [0.15, 0.2) is 8.32 Å². The Morgan fingerprint density at radius 3 is 2.31 bits per heavy atom. The van der Waals surface area contributed by atoms with Crippen LogP contribution in [0.2, 0.25) is 18.1 Å². The molecule has 148 valence electrons. The molecule has 0 aliphatic carbocycles. The second-order valence-electron chi connectivity index (χ2n) is 9.24. The molecule has 26 heavy (non-hydrogen) atoms. The van der Waals surface area contributed by atoms with Crippen LogP contribution >= 0.6 is 0 Å². The minimum atomic E-state index is -1.71. The van der Waals surface area contributed by atoms with Gasteiger partial charge in [0, 0.05) is 6.61 Å².